The lowest BCUT2D eigenvalue weighted by Crippen LogP contribution is -2.48. The Kier molecular flexibility index (Phi) is 6.41. The van der Waals surface area contributed by atoms with Crippen molar-refractivity contribution < 1.29 is 9.13 Å². The summed E-state index contributed by atoms with van der Waals surface area (Å²) in [5.74, 6) is 1.40. The maximum Gasteiger partial charge on any atom is 0.173 e. The Bertz CT molecular complexity index is 1030. The topological polar surface area (TPSA) is 59.3 Å². The highest BCUT2D eigenvalue weighted by molar-refractivity contribution is 5.51. The zero-order valence-electron chi connectivity index (χ0n) is 19.2. The molecule has 2 heterocycles. The molecule has 1 aliphatic heterocycles. The van der Waals surface area contributed by atoms with Crippen molar-refractivity contribution in [3.8, 4) is 5.75 Å². The van der Waals surface area contributed by atoms with E-state index in [2.05, 4.69) is 58.2 Å². The van der Waals surface area contributed by atoms with Crippen LogP contribution in [0.4, 0.5) is 10.1 Å². The molecule has 1 fully saturated rings. The highest BCUT2D eigenvalue weighted by Gasteiger charge is 2.34. The Hall–Kier alpha value is -3.00. The average Bonchev–Trinajstić information content (AvgIpc) is 3.31. The van der Waals surface area contributed by atoms with Gasteiger partial charge in [-0.1, -0.05) is 25.1 Å². The molecule has 2 aromatic carbocycles. The normalized spacial score (nSPS) is 16.2. The van der Waals surface area contributed by atoms with Crippen molar-refractivity contribution in [3.05, 3.63) is 65.7 Å². The molecule has 32 heavy (non-hydrogen) atoms. The van der Waals surface area contributed by atoms with E-state index in [1.165, 1.54) is 12.1 Å². The van der Waals surface area contributed by atoms with Gasteiger partial charge in [0.2, 0.25) is 0 Å². The van der Waals surface area contributed by atoms with E-state index in [0.29, 0.717) is 0 Å². The molecule has 0 N–H and O–H groups in total. The first-order chi connectivity index (χ1) is 15.4. The van der Waals surface area contributed by atoms with Crippen molar-refractivity contribution in [3.63, 3.8) is 0 Å². The number of methoxy groups -OCH3 is 1. The fraction of sp³-hybridized carbons (Fsp3) is 0.458. The van der Waals surface area contributed by atoms with Crippen LogP contribution in [0.1, 0.15) is 44.6 Å². The predicted octanol–water partition coefficient (Wildman–Crippen LogP) is 3.88. The molecule has 1 aromatic heterocycles. The zero-order chi connectivity index (χ0) is 22.7. The number of tetrazole rings is 1. The van der Waals surface area contributed by atoms with Crippen LogP contribution < -0.4 is 9.64 Å². The molecule has 1 aliphatic rings. The van der Waals surface area contributed by atoms with E-state index in [-0.39, 0.29) is 17.4 Å². The number of ether oxygens (including phenoxy) is 1. The first-order valence-electron chi connectivity index (χ1n) is 11.1. The van der Waals surface area contributed by atoms with Crippen molar-refractivity contribution >= 4 is 5.69 Å². The number of nitrogens with zero attached hydrogens (tertiary/aromatic N) is 6. The lowest BCUT2D eigenvalue weighted by atomic mass is 9.99. The SMILES string of the molecule is CCC(C)(C)n1nnnc1[C@H](c1ccc(F)cc1)N1CCN(c2cccc(OC)c2)CC1. The summed E-state index contributed by atoms with van der Waals surface area (Å²) in [7, 11) is 1.69. The summed E-state index contributed by atoms with van der Waals surface area (Å²) in [6.07, 6.45) is 0.894. The molecule has 0 unspecified atom stereocenters. The number of rotatable bonds is 7. The molecular weight excluding hydrogens is 407 g/mol. The number of piperazine rings is 1. The van der Waals surface area contributed by atoms with E-state index in [1.807, 2.05) is 28.9 Å². The maximum atomic E-state index is 13.7. The van der Waals surface area contributed by atoms with Gasteiger partial charge in [-0.15, -0.1) is 5.10 Å². The van der Waals surface area contributed by atoms with Crippen LogP contribution >= 0.6 is 0 Å². The Labute approximate surface area is 188 Å². The van der Waals surface area contributed by atoms with E-state index in [4.69, 9.17) is 4.74 Å². The van der Waals surface area contributed by atoms with Gasteiger partial charge < -0.3 is 9.64 Å². The second-order valence-electron chi connectivity index (χ2n) is 8.79. The fourth-order valence-electron chi connectivity index (χ4n) is 4.16. The lowest BCUT2D eigenvalue weighted by Gasteiger charge is -2.40. The van der Waals surface area contributed by atoms with Gasteiger partial charge in [-0.3, -0.25) is 4.90 Å². The summed E-state index contributed by atoms with van der Waals surface area (Å²) in [6, 6.07) is 14.7. The molecule has 0 saturated carbocycles. The van der Waals surface area contributed by atoms with Crippen LogP contribution in [0.5, 0.6) is 5.75 Å². The molecule has 7 nitrogen and oxygen atoms in total. The molecule has 3 aromatic rings. The van der Waals surface area contributed by atoms with Crippen molar-refractivity contribution in [2.24, 2.45) is 0 Å². The molecule has 4 rings (SSSR count). The first kappa shape index (κ1) is 22.2. The highest BCUT2D eigenvalue weighted by Crippen LogP contribution is 2.32. The summed E-state index contributed by atoms with van der Waals surface area (Å²) in [5, 5.41) is 12.8. The first-order valence-corrected chi connectivity index (χ1v) is 11.1. The van der Waals surface area contributed by atoms with Crippen LogP contribution in [0.15, 0.2) is 48.5 Å². The van der Waals surface area contributed by atoms with Gasteiger partial charge in [0.15, 0.2) is 5.82 Å². The van der Waals surface area contributed by atoms with E-state index >= 15 is 0 Å². The minimum absolute atomic E-state index is 0.149. The third kappa shape index (κ3) is 4.46. The minimum Gasteiger partial charge on any atom is -0.497 e. The van der Waals surface area contributed by atoms with E-state index in [1.54, 1.807) is 7.11 Å². The van der Waals surface area contributed by atoms with Crippen LogP contribution in [0.25, 0.3) is 0 Å². The van der Waals surface area contributed by atoms with Crippen molar-refractivity contribution in [2.75, 3.05) is 38.2 Å². The molecule has 0 spiro atoms. The fourth-order valence-corrected chi connectivity index (χ4v) is 4.16. The van der Waals surface area contributed by atoms with Crippen LogP contribution in [0.3, 0.4) is 0 Å². The Morgan fingerprint density at radius 2 is 1.78 bits per heavy atom. The second kappa shape index (κ2) is 9.24. The van der Waals surface area contributed by atoms with Gasteiger partial charge >= 0.3 is 0 Å². The molecular formula is C24H31FN6O. The number of benzene rings is 2. The Morgan fingerprint density at radius 3 is 2.44 bits per heavy atom. The van der Waals surface area contributed by atoms with Gasteiger partial charge in [0.25, 0.3) is 0 Å². The van der Waals surface area contributed by atoms with Gasteiger partial charge in [-0.05, 0) is 60.5 Å². The van der Waals surface area contributed by atoms with Crippen molar-refractivity contribution in [2.45, 2.75) is 38.8 Å². The van der Waals surface area contributed by atoms with Crippen LogP contribution in [0, 0.1) is 5.82 Å². The molecule has 8 heteroatoms. The van der Waals surface area contributed by atoms with Crippen LogP contribution in [-0.2, 0) is 5.54 Å². The smallest absolute Gasteiger partial charge is 0.173 e. The quantitative estimate of drug-likeness (QED) is 0.558. The molecule has 170 valence electrons. The number of hydrogen-bond donors (Lipinski definition) is 0. The second-order valence-corrected chi connectivity index (χ2v) is 8.79. The molecule has 1 saturated heterocycles. The van der Waals surface area contributed by atoms with Crippen LogP contribution in [-0.4, -0.2) is 58.4 Å². The van der Waals surface area contributed by atoms with Gasteiger partial charge in [-0.25, -0.2) is 9.07 Å². The largest absolute Gasteiger partial charge is 0.497 e. The van der Waals surface area contributed by atoms with Gasteiger partial charge in [0.1, 0.15) is 11.6 Å². The minimum atomic E-state index is -0.246. The maximum absolute atomic E-state index is 13.7. The molecule has 1 atom stereocenters. The lowest BCUT2D eigenvalue weighted by molar-refractivity contribution is 0.187. The van der Waals surface area contributed by atoms with E-state index in [0.717, 1.165) is 55.4 Å². The van der Waals surface area contributed by atoms with Gasteiger partial charge in [-0.2, -0.15) is 0 Å². The number of halogens is 1. The summed E-state index contributed by atoms with van der Waals surface area (Å²) in [5.41, 5.74) is 1.92. The molecule has 0 aliphatic carbocycles. The third-order valence-corrected chi connectivity index (χ3v) is 6.46. The predicted molar refractivity (Wildman–Crippen MR) is 122 cm³/mol. The monoisotopic (exact) mass is 438 g/mol. The zero-order valence-corrected chi connectivity index (χ0v) is 19.2. The Morgan fingerprint density at radius 1 is 1.06 bits per heavy atom. The summed E-state index contributed by atoms with van der Waals surface area (Å²) >= 11 is 0. The van der Waals surface area contributed by atoms with Gasteiger partial charge in [0, 0.05) is 37.9 Å². The van der Waals surface area contributed by atoms with E-state index < -0.39 is 0 Å². The molecule has 0 amide bonds. The summed E-state index contributed by atoms with van der Waals surface area (Å²) in [4.78, 5) is 4.75. The Balaban J connectivity index is 1.62. The highest BCUT2D eigenvalue weighted by atomic mass is 19.1. The van der Waals surface area contributed by atoms with Crippen molar-refractivity contribution in [1.29, 1.82) is 0 Å². The number of aromatic nitrogens is 4. The molecule has 0 radical (unpaired) electrons. The summed E-state index contributed by atoms with van der Waals surface area (Å²) < 4.78 is 21.0. The van der Waals surface area contributed by atoms with Gasteiger partial charge in [0.05, 0.1) is 18.7 Å². The molecule has 0 bridgehead atoms. The number of hydrogen-bond acceptors (Lipinski definition) is 6. The van der Waals surface area contributed by atoms with E-state index in [9.17, 15) is 4.39 Å². The standard InChI is InChI=1S/C24H31FN6O/c1-5-24(2,3)31-23(26-27-28-31)22(18-9-11-19(25)12-10-18)30-15-13-29(14-16-30)20-7-6-8-21(17-20)32-4/h6-12,17,22H,5,13-16H2,1-4H3/t22-/m0/s1. The van der Waals surface area contributed by atoms with Crippen molar-refractivity contribution in [1.82, 2.24) is 25.1 Å². The summed E-state index contributed by atoms with van der Waals surface area (Å²) in [6.45, 7) is 9.79. The third-order valence-electron chi connectivity index (χ3n) is 6.46. The average molecular weight is 439 g/mol. The van der Waals surface area contributed by atoms with Crippen LogP contribution in [0.2, 0.25) is 0 Å². The number of anilines is 1.